The van der Waals surface area contributed by atoms with Gasteiger partial charge >= 0.3 is 0 Å². The molecular weight excluding hydrogens is 202 g/mol. The fourth-order valence-corrected chi connectivity index (χ4v) is 1.76. The molecule has 0 unspecified atom stereocenters. The van der Waals surface area contributed by atoms with Crippen LogP contribution < -0.4 is 0 Å². The maximum Gasteiger partial charge on any atom is 0.154 e. The van der Waals surface area contributed by atoms with E-state index in [1.807, 2.05) is 0 Å². The summed E-state index contributed by atoms with van der Waals surface area (Å²) in [7, 11) is -3.21. The third kappa shape index (κ3) is 4.13. The van der Waals surface area contributed by atoms with Crippen LogP contribution >= 0.6 is 0 Å². The summed E-state index contributed by atoms with van der Waals surface area (Å²) in [5.74, 6) is -0.706. The molecule has 0 amide bonds. The van der Waals surface area contributed by atoms with Crippen LogP contribution in [-0.2, 0) is 21.1 Å². The number of hydrogen-bond acceptors (Lipinski definition) is 4. The number of nitrogens with zero attached hydrogens (tertiary/aromatic N) is 1. The normalized spacial score (nSPS) is 11.2. The van der Waals surface area contributed by atoms with E-state index in [9.17, 15) is 13.2 Å². The van der Waals surface area contributed by atoms with E-state index in [0.717, 1.165) is 11.8 Å². The lowest BCUT2D eigenvalue weighted by Crippen LogP contribution is -2.16. The Hall–Kier alpha value is -1.23. The van der Waals surface area contributed by atoms with Gasteiger partial charge in [0.25, 0.3) is 0 Å². The van der Waals surface area contributed by atoms with Crippen LogP contribution in [0.2, 0.25) is 0 Å². The summed E-state index contributed by atoms with van der Waals surface area (Å²) in [6.07, 6.45) is 4.33. The Balaban J connectivity index is 2.59. The molecule has 0 radical (unpaired) electrons. The number of Topliss-reactive ketones (excluding diaryl/α,β-unsaturated/α-hetero) is 1. The van der Waals surface area contributed by atoms with Gasteiger partial charge in [-0.05, 0) is 11.6 Å². The van der Waals surface area contributed by atoms with E-state index in [1.165, 1.54) is 0 Å². The maximum atomic E-state index is 11.2. The van der Waals surface area contributed by atoms with E-state index >= 15 is 0 Å². The lowest BCUT2D eigenvalue weighted by molar-refractivity contribution is -0.116. The van der Waals surface area contributed by atoms with E-state index in [2.05, 4.69) is 4.98 Å². The second-order valence-corrected chi connectivity index (χ2v) is 5.29. The molecule has 0 spiro atoms. The number of sulfone groups is 1. The third-order valence-electron chi connectivity index (χ3n) is 1.55. The van der Waals surface area contributed by atoms with Gasteiger partial charge in [0.15, 0.2) is 15.6 Å². The molecule has 14 heavy (non-hydrogen) atoms. The van der Waals surface area contributed by atoms with E-state index in [0.29, 0.717) is 0 Å². The average molecular weight is 213 g/mol. The molecule has 0 aliphatic rings. The van der Waals surface area contributed by atoms with Gasteiger partial charge in [-0.3, -0.25) is 9.78 Å². The minimum absolute atomic E-state index is 0.126. The van der Waals surface area contributed by atoms with Gasteiger partial charge in [0.1, 0.15) is 5.75 Å². The molecule has 1 rings (SSSR count). The Morgan fingerprint density at radius 1 is 1.50 bits per heavy atom. The molecule has 0 fully saturated rings. The lowest BCUT2D eigenvalue weighted by Gasteiger charge is -1.98. The number of carbonyl (C=O) groups excluding carboxylic acids is 1. The highest BCUT2D eigenvalue weighted by Crippen LogP contribution is 1.99. The molecule has 0 bridgehead atoms. The molecular formula is C9H11NO3S. The lowest BCUT2D eigenvalue weighted by atomic mass is 10.2. The summed E-state index contributed by atoms with van der Waals surface area (Å²) in [6, 6.07) is 3.45. The largest absolute Gasteiger partial charge is 0.298 e. The van der Waals surface area contributed by atoms with E-state index in [-0.39, 0.29) is 12.2 Å². The van der Waals surface area contributed by atoms with Crippen molar-refractivity contribution in [2.75, 3.05) is 12.0 Å². The first kappa shape index (κ1) is 10.8. The first-order chi connectivity index (χ1) is 6.47. The van der Waals surface area contributed by atoms with Crippen LogP contribution in [0.5, 0.6) is 0 Å². The van der Waals surface area contributed by atoms with Crippen LogP contribution in [0.4, 0.5) is 0 Å². The van der Waals surface area contributed by atoms with Gasteiger partial charge < -0.3 is 0 Å². The Labute approximate surface area is 82.9 Å². The highest BCUT2D eigenvalue weighted by molar-refractivity contribution is 7.91. The number of ketones is 1. The molecule has 5 heteroatoms. The van der Waals surface area contributed by atoms with Gasteiger partial charge in [0.2, 0.25) is 0 Å². The first-order valence-corrected chi connectivity index (χ1v) is 6.12. The van der Waals surface area contributed by atoms with Gasteiger partial charge in [-0.25, -0.2) is 8.42 Å². The highest BCUT2D eigenvalue weighted by atomic mass is 32.2. The summed E-state index contributed by atoms with van der Waals surface area (Å²) in [5.41, 5.74) is 0.737. The Kier molecular flexibility index (Phi) is 3.35. The molecule has 0 atom stereocenters. The van der Waals surface area contributed by atoms with Gasteiger partial charge in [0.05, 0.1) is 0 Å². The average Bonchev–Trinajstić information content (AvgIpc) is 2.02. The molecule has 1 aromatic heterocycles. The summed E-state index contributed by atoms with van der Waals surface area (Å²) in [6.45, 7) is 0. The fraction of sp³-hybridized carbons (Fsp3) is 0.333. The van der Waals surface area contributed by atoms with Crippen molar-refractivity contribution in [1.82, 2.24) is 4.98 Å². The van der Waals surface area contributed by atoms with Gasteiger partial charge in [-0.15, -0.1) is 0 Å². The summed E-state index contributed by atoms with van der Waals surface area (Å²) < 4.78 is 21.6. The van der Waals surface area contributed by atoms with Gasteiger partial charge in [-0.1, -0.05) is 6.07 Å². The minimum Gasteiger partial charge on any atom is -0.298 e. The first-order valence-electron chi connectivity index (χ1n) is 4.06. The van der Waals surface area contributed by atoms with Crippen molar-refractivity contribution in [2.45, 2.75) is 6.42 Å². The van der Waals surface area contributed by atoms with Crippen molar-refractivity contribution < 1.29 is 13.2 Å². The molecule has 0 saturated carbocycles. The second-order valence-electron chi connectivity index (χ2n) is 3.15. The molecule has 0 N–H and O–H groups in total. The number of carbonyl (C=O) groups is 1. The zero-order chi connectivity index (χ0) is 10.6. The zero-order valence-electron chi connectivity index (χ0n) is 7.80. The van der Waals surface area contributed by atoms with Gasteiger partial charge in [-0.2, -0.15) is 0 Å². The van der Waals surface area contributed by atoms with Crippen molar-refractivity contribution in [3.8, 4) is 0 Å². The quantitative estimate of drug-likeness (QED) is 0.718. The highest BCUT2D eigenvalue weighted by Gasteiger charge is 2.11. The molecule has 1 heterocycles. The molecule has 0 aromatic carbocycles. The van der Waals surface area contributed by atoms with Crippen LogP contribution in [0.1, 0.15) is 5.56 Å². The Morgan fingerprint density at radius 2 is 2.21 bits per heavy atom. The van der Waals surface area contributed by atoms with E-state index in [1.54, 1.807) is 24.5 Å². The van der Waals surface area contributed by atoms with Crippen LogP contribution in [0.3, 0.4) is 0 Å². The van der Waals surface area contributed by atoms with Crippen molar-refractivity contribution in [3.05, 3.63) is 30.1 Å². The van der Waals surface area contributed by atoms with Crippen molar-refractivity contribution in [1.29, 1.82) is 0 Å². The van der Waals surface area contributed by atoms with Crippen LogP contribution in [0.25, 0.3) is 0 Å². The Morgan fingerprint density at radius 3 is 2.71 bits per heavy atom. The second kappa shape index (κ2) is 4.32. The monoisotopic (exact) mass is 213 g/mol. The number of aromatic nitrogens is 1. The summed E-state index contributed by atoms with van der Waals surface area (Å²) in [5, 5.41) is 0. The SMILES string of the molecule is CS(=O)(=O)CC(=O)Cc1cccnc1. The molecule has 76 valence electrons. The standard InChI is InChI=1S/C9H11NO3S/c1-14(12,13)7-9(11)5-8-3-2-4-10-6-8/h2-4,6H,5,7H2,1H3. The third-order valence-corrected chi connectivity index (χ3v) is 2.39. The summed E-state index contributed by atoms with van der Waals surface area (Å²) >= 11 is 0. The van der Waals surface area contributed by atoms with Crippen LogP contribution in [0.15, 0.2) is 24.5 Å². The molecule has 0 aliphatic carbocycles. The van der Waals surface area contributed by atoms with Crippen LogP contribution in [-0.4, -0.2) is 31.2 Å². The van der Waals surface area contributed by atoms with Gasteiger partial charge in [0, 0.05) is 25.1 Å². The zero-order valence-corrected chi connectivity index (χ0v) is 8.62. The van der Waals surface area contributed by atoms with Crippen molar-refractivity contribution in [3.63, 3.8) is 0 Å². The predicted octanol–water partition coefficient (Wildman–Crippen LogP) is 0.238. The molecule has 4 nitrogen and oxygen atoms in total. The molecule has 0 aliphatic heterocycles. The fourth-order valence-electron chi connectivity index (χ4n) is 1.07. The molecule has 1 aromatic rings. The number of rotatable bonds is 4. The van der Waals surface area contributed by atoms with E-state index in [4.69, 9.17) is 0 Å². The minimum atomic E-state index is -3.21. The maximum absolute atomic E-state index is 11.2. The van der Waals surface area contributed by atoms with Crippen LogP contribution in [0, 0.1) is 0 Å². The smallest absolute Gasteiger partial charge is 0.154 e. The Bertz CT molecular complexity index is 411. The summed E-state index contributed by atoms with van der Waals surface area (Å²) in [4.78, 5) is 15.1. The van der Waals surface area contributed by atoms with Crippen molar-refractivity contribution in [2.24, 2.45) is 0 Å². The van der Waals surface area contributed by atoms with Crippen molar-refractivity contribution >= 4 is 15.6 Å². The molecule has 0 saturated heterocycles. The number of hydrogen-bond donors (Lipinski definition) is 0. The topological polar surface area (TPSA) is 64.1 Å². The number of pyridine rings is 1. The predicted molar refractivity (Wildman–Crippen MR) is 52.7 cm³/mol. The van der Waals surface area contributed by atoms with E-state index < -0.39 is 15.6 Å².